The van der Waals surface area contributed by atoms with Gasteiger partial charge in [0.25, 0.3) is 0 Å². The minimum atomic E-state index is -1.34. The second-order valence-electron chi connectivity index (χ2n) is 8.08. The number of hydrogen-bond donors (Lipinski definition) is 0. The third kappa shape index (κ3) is 8.21. The van der Waals surface area contributed by atoms with E-state index in [0.717, 1.165) is 20.8 Å². The summed E-state index contributed by atoms with van der Waals surface area (Å²) in [7, 11) is 0. The van der Waals surface area contributed by atoms with Gasteiger partial charge in [0.1, 0.15) is 30.0 Å². The lowest BCUT2D eigenvalue weighted by Gasteiger charge is -2.43. The van der Waals surface area contributed by atoms with Crippen molar-refractivity contribution in [1.29, 1.82) is 0 Å². The summed E-state index contributed by atoms with van der Waals surface area (Å²) in [6, 6.07) is 15.7. The molecule has 2 aromatic carbocycles. The average molecular weight is 516 g/mol. The first-order chi connectivity index (χ1) is 17.6. The van der Waals surface area contributed by atoms with Gasteiger partial charge in [-0.3, -0.25) is 19.2 Å². The summed E-state index contributed by atoms with van der Waals surface area (Å²) < 4.78 is 39.0. The zero-order valence-electron chi connectivity index (χ0n) is 20.8. The zero-order valence-corrected chi connectivity index (χ0v) is 20.8. The molecule has 0 radical (unpaired) electrons. The van der Waals surface area contributed by atoms with Crippen molar-refractivity contribution in [2.45, 2.75) is 58.4 Å². The number of benzene rings is 2. The number of para-hydroxylation sites is 1. The van der Waals surface area contributed by atoms with Crippen molar-refractivity contribution in [1.82, 2.24) is 0 Å². The maximum atomic E-state index is 12.0. The van der Waals surface area contributed by atoms with E-state index in [1.165, 1.54) is 6.92 Å². The molecule has 3 rings (SSSR count). The van der Waals surface area contributed by atoms with E-state index in [9.17, 15) is 19.2 Å². The van der Waals surface area contributed by atoms with Gasteiger partial charge in [0.2, 0.25) is 12.4 Å². The van der Waals surface area contributed by atoms with Gasteiger partial charge in [-0.2, -0.15) is 0 Å². The van der Waals surface area contributed by atoms with Gasteiger partial charge in [-0.15, -0.1) is 0 Å². The SMILES string of the molecule is CC(=O)OCC1O[C@H](Oc2cccc(Oc3ccccc3)c2)C(OC(C)=O)C(OC(C)=O)[C@H]1OC(C)=O. The first-order valence-electron chi connectivity index (χ1n) is 11.4. The van der Waals surface area contributed by atoms with Crippen molar-refractivity contribution in [2.24, 2.45) is 0 Å². The molecule has 11 nitrogen and oxygen atoms in total. The summed E-state index contributed by atoms with van der Waals surface area (Å²) in [5, 5.41) is 0. The molecular weight excluding hydrogens is 488 g/mol. The lowest BCUT2D eigenvalue weighted by atomic mass is 9.98. The van der Waals surface area contributed by atoms with Crippen LogP contribution in [0.5, 0.6) is 17.2 Å². The summed E-state index contributed by atoms with van der Waals surface area (Å²) in [5.74, 6) is -1.45. The number of hydrogen-bond acceptors (Lipinski definition) is 11. The number of carbonyl (C=O) groups excluding carboxylic acids is 4. The first kappa shape index (κ1) is 27.5. The van der Waals surface area contributed by atoms with E-state index in [1.807, 2.05) is 18.2 Å². The zero-order chi connectivity index (χ0) is 26.9. The van der Waals surface area contributed by atoms with Crippen LogP contribution in [-0.4, -0.2) is 61.2 Å². The third-order valence-electron chi connectivity index (χ3n) is 4.98. The molecule has 0 aliphatic carbocycles. The number of carbonyl (C=O) groups is 4. The standard InChI is InChI=1S/C26H28O11/c1-15(27)31-14-22-23(32-16(2)28)24(33-17(3)29)25(34-18(4)30)26(37-22)36-21-12-8-11-20(13-21)35-19-9-6-5-7-10-19/h5-13,22-26H,14H2,1-4H3/t22?,23-,24?,25?,26-/m0/s1. The predicted octanol–water partition coefficient (Wildman–Crippen LogP) is 2.94. The highest BCUT2D eigenvalue weighted by atomic mass is 16.7. The lowest BCUT2D eigenvalue weighted by molar-refractivity contribution is -0.288. The average Bonchev–Trinajstić information content (AvgIpc) is 2.81. The van der Waals surface area contributed by atoms with Gasteiger partial charge in [0, 0.05) is 33.8 Å². The summed E-state index contributed by atoms with van der Waals surface area (Å²) in [5.41, 5.74) is 0. The highest BCUT2D eigenvalue weighted by molar-refractivity contribution is 5.68. The van der Waals surface area contributed by atoms with Crippen LogP contribution in [0.1, 0.15) is 27.7 Å². The molecule has 0 bridgehead atoms. The van der Waals surface area contributed by atoms with Crippen LogP contribution in [0, 0.1) is 0 Å². The van der Waals surface area contributed by atoms with Gasteiger partial charge < -0.3 is 33.2 Å². The van der Waals surface area contributed by atoms with Gasteiger partial charge in [0.15, 0.2) is 12.2 Å². The Morgan fingerprint density at radius 1 is 0.676 bits per heavy atom. The minimum absolute atomic E-state index is 0.273. The Kier molecular flexibility index (Phi) is 9.45. The van der Waals surface area contributed by atoms with Crippen LogP contribution < -0.4 is 9.47 Å². The molecule has 1 saturated heterocycles. The van der Waals surface area contributed by atoms with Crippen molar-refractivity contribution in [2.75, 3.05) is 6.61 Å². The van der Waals surface area contributed by atoms with E-state index in [4.69, 9.17) is 33.2 Å². The smallest absolute Gasteiger partial charge is 0.303 e. The predicted molar refractivity (Wildman–Crippen MR) is 126 cm³/mol. The summed E-state index contributed by atoms with van der Waals surface area (Å²) >= 11 is 0. The van der Waals surface area contributed by atoms with Gasteiger partial charge in [-0.25, -0.2) is 0 Å². The highest BCUT2D eigenvalue weighted by Gasteiger charge is 2.53. The molecule has 0 amide bonds. The molecule has 0 aromatic heterocycles. The first-order valence-corrected chi connectivity index (χ1v) is 11.4. The fourth-order valence-corrected chi connectivity index (χ4v) is 3.65. The van der Waals surface area contributed by atoms with Crippen LogP contribution in [0.2, 0.25) is 0 Å². The lowest BCUT2D eigenvalue weighted by Crippen LogP contribution is -2.63. The normalized spacial score (nSPS) is 22.8. The van der Waals surface area contributed by atoms with Gasteiger partial charge >= 0.3 is 23.9 Å². The van der Waals surface area contributed by atoms with Crippen LogP contribution in [-0.2, 0) is 42.9 Å². The summed E-state index contributed by atoms with van der Waals surface area (Å²) in [6.45, 7) is 4.29. The van der Waals surface area contributed by atoms with E-state index in [1.54, 1.807) is 36.4 Å². The third-order valence-corrected chi connectivity index (χ3v) is 4.98. The fourth-order valence-electron chi connectivity index (χ4n) is 3.65. The Balaban J connectivity index is 1.93. The molecular formula is C26H28O11. The van der Waals surface area contributed by atoms with Crippen molar-refractivity contribution in [3.8, 4) is 17.2 Å². The molecule has 3 unspecified atom stereocenters. The van der Waals surface area contributed by atoms with Crippen molar-refractivity contribution in [3.63, 3.8) is 0 Å². The van der Waals surface area contributed by atoms with Crippen LogP contribution >= 0.6 is 0 Å². The van der Waals surface area contributed by atoms with Gasteiger partial charge in [-0.05, 0) is 24.3 Å². The van der Waals surface area contributed by atoms with E-state index in [2.05, 4.69) is 0 Å². The van der Waals surface area contributed by atoms with E-state index in [-0.39, 0.29) is 12.4 Å². The van der Waals surface area contributed by atoms with Crippen LogP contribution in [0.25, 0.3) is 0 Å². The topological polar surface area (TPSA) is 133 Å². The molecule has 1 aliphatic heterocycles. The Morgan fingerprint density at radius 3 is 1.86 bits per heavy atom. The molecule has 2 aromatic rings. The summed E-state index contributed by atoms with van der Waals surface area (Å²) in [4.78, 5) is 47.2. The van der Waals surface area contributed by atoms with Crippen molar-refractivity contribution in [3.05, 3.63) is 54.6 Å². The number of esters is 4. The maximum absolute atomic E-state index is 12.0. The van der Waals surface area contributed by atoms with Crippen molar-refractivity contribution < 1.29 is 52.3 Å². The number of ether oxygens (including phenoxy) is 7. The molecule has 11 heteroatoms. The molecule has 0 N–H and O–H groups in total. The molecule has 1 heterocycles. The fraction of sp³-hybridized carbons (Fsp3) is 0.385. The van der Waals surface area contributed by atoms with E-state index < -0.39 is 54.6 Å². The molecule has 5 atom stereocenters. The largest absolute Gasteiger partial charge is 0.463 e. The van der Waals surface area contributed by atoms with E-state index in [0.29, 0.717) is 11.5 Å². The number of rotatable bonds is 9. The van der Waals surface area contributed by atoms with E-state index >= 15 is 0 Å². The monoisotopic (exact) mass is 516 g/mol. The minimum Gasteiger partial charge on any atom is -0.463 e. The molecule has 0 spiro atoms. The molecule has 1 fully saturated rings. The maximum Gasteiger partial charge on any atom is 0.303 e. The van der Waals surface area contributed by atoms with Crippen LogP contribution in [0.15, 0.2) is 54.6 Å². The molecule has 1 aliphatic rings. The van der Waals surface area contributed by atoms with Crippen molar-refractivity contribution >= 4 is 23.9 Å². The molecule has 0 saturated carbocycles. The Morgan fingerprint density at radius 2 is 1.24 bits per heavy atom. The van der Waals surface area contributed by atoms with Crippen LogP contribution in [0.3, 0.4) is 0 Å². The Bertz CT molecular complexity index is 1100. The van der Waals surface area contributed by atoms with Gasteiger partial charge in [0.05, 0.1) is 0 Å². The van der Waals surface area contributed by atoms with Crippen LogP contribution in [0.4, 0.5) is 0 Å². The summed E-state index contributed by atoms with van der Waals surface area (Å²) in [6.07, 6.45) is -6.38. The molecule has 198 valence electrons. The highest BCUT2D eigenvalue weighted by Crippen LogP contribution is 2.32. The second-order valence-corrected chi connectivity index (χ2v) is 8.08. The Labute approximate surface area is 213 Å². The van der Waals surface area contributed by atoms with Gasteiger partial charge in [-0.1, -0.05) is 24.3 Å². The quantitative estimate of drug-likeness (QED) is 0.360. The second kappa shape index (κ2) is 12.7. The molecule has 37 heavy (non-hydrogen) atoms. The Hall–Kier alpha value is -4.12.